The Morgan fingerprint density at radius 1 is 1.47 bits per heavy atom. The summed E-state index contributed by atoms with van der Waals surface area (Å²) in [5.41, 5.74) is -0.761. The Kier molecular flexibility index (Phi) is 5.66. The molecule has 1 atom stereocenters. The molecular weight excluding hydrogens is 266 g/mol. The van der Waals surface area contributed by atoms with E-state index in [9.17, 15) is 13.5 Å². The molecule has 0 radical (unpaired) electrons. The van der Waals surface area contributed by atoms with Gasteiger partial charge >= 0.3 is 0 Å². The average Bonchev–Trinajstić information content (AvgIpc) is 2.28. The molecule has 0 aromatic carbocycles. The highest BCUT2D eigenvalue weighted by atomic mass is 35.5. The zero-order valence-corrected chi connectivity index (χ0v) is 11.6. The van der Waals surface area contributed by atoms with Crippen molar-refractivity contribution in [2.24, 2.45) is 5.92 Å². The molecule has 1 fully saturated rings. The van der Waals surface area contributed by atoms with Crippen molar-refractivity contribution in [2.45, 2.75) is 25.3 Å². The molecule has 2 N–H and O–H groups in total. The van der Waals surface area contributed by atoms with Crippen LogP contribution in [0.5, 0.6) is 0 Å². The van der Waals surface area contributed by atoms with E-state index < -0.39 is 15.6 Å². The van der Waals surface area contributed by atoms with E-state index in [0.29, 0.717) is 31.9 Å². The van der Waals surface area contributed by atoms with Crippen LogP contribution in [0, 0.1) is 5.92 Å². The zero-order valence-electron chi connectivity index (χ0n) is 9.99. The summed E-state index contributed by atoms with van der Waals surface area (Å²) >= 11 is 5.61. The van der Waals surface area contributed by atoms with Gasteiger partial charge in [-0.25, -0.2) is 13.1 Å². The molecule has 0 amide bonds. The number of sulfonamides is 1. The van der Waals surface area contributed by atoms with Crippen molar-refractivity contribution in [3.05, 3.63) is 0 Å². The van der Waals surface area contributed by atoms with Crippen molar-refractivity contribution in [2.75, 3.05) is 31.5 Å². The van der Waals surface area contributed by atoms with Gasteiger partial charge in [-0.2, -0.15) is 0 Å². The summed E-state index contributed by atoms with van der Waals surface area (Å²) in [4.78, 5) is 0. The maximum absolute atomic E-state index is 11.9. The second kappa shape index (κ2) is 6.33. The average molecular weight is 286 g/mol. The van der Waals surface area contributed by atoms with Crippen molar-refractivity contribution in [1.29, 1.82) is 0 Å². The van der Waals surface area contributed by atoms with E-state index in [1.54, 1.807) is 6.92 Å². The van der Waals surface area contributed by atoms with Gasteiger partial charge in [-0.15, -0.1) is 11.6 Å². The maximum atomic E-state index is 11.9. The smallest absolute Gasteiger partial charge is 0.212 e. The number of aliphatic hydroxyl groups excluding tert-OH is 1. The quantitative estimate of drug-likeness (QED) is 0.689. The largest absolute Gasteiger partial charge is 0.394 e. The number of alkyl halides is 1. The molecule has 1 heterocycles. The van der Waals surface area contributed by atoms with Crippen LogP contribution in [0.4, 0.5) is 0 Å². The summed E-state index contributed by atoms with van der Waals surface area (Å²) in [5, 5.41) is 9.39. The standard InChI is InChI=1S/C10H20ClNO4S/c1-9(6-11)7-17(14,15)12-10(8-13)2-4-16-5-3-10/h9,12-13H,2-8H2,1H3. The van der Waals surface area contributed by atoms with Crippen LogP contribution in [-0.4, -0.2) is 50.5 Å². The van der Waals surface area contributed by atoms with E-state index in [1.165, 1.54) is 0 Å². The second-order valence-corrected chi connectivity index (χ2v) is 6.77. The van der Waals surface area contributed by atoms with Crippen LogP contribution in [0.3, 0.4) is 0 Å². The molecule has 0 spiro atoms. The molecular formula is C10H20ClNO4S. The summed E-state index contributed by atoms with van der Waals surface area (Å²) < 4.78 is 31.6. The molecule has 102 valence electrons. The molecule has 0 aromatic rings. The highest BCUT2D eigenvalue weighted by Crippen LogP contribution is 2.21. The lowest BCUT2D eigenvalue weighted by atomic mass is 9.93. The van der Waals surface area contributed by atoms with Gasteiger partial charge in [0.25, 0.3) is 0 Å². The zero-order chi connectivity index (χ0) is 12.9. The first kappa shape index (κ1) is 15.2. The first-order valence-electron chi connectivity index (χ1n) is 5.69. The maximum Gasteiger partial charge on any atom is 0.212 e. The molecule has 1 rings (SSSR count). The van der Waals surface area contributed by atoms with Crippen LogP contribution in [0.25, 0.3) is 0 Å². The summed E-state index contributed by atoms with van der Waals surface area (Å²) in [7, 11) is -3.41. The fourth-order valence-electron chi connectivity index (χ4n) is 1.85. The van der Waals surface area contributed by atoms with Gasteiger partial charge in [-0.3, -0.25) is 0 Å². The van der Waals surface area contributed by atoms with Crippen LogP contribution in [-0.2, 0) is 14.8 Å². The predicted molar refractivity (Wildman–Crippen MR) is 66.7 cm³/mol. The van der Waals surface area contributed by atoms with E-state index in [1.807, 2.05) is 0 Å². The number of halogens is 1. The van der Waals surface area contributed by atoms with Crippen LogP contribution in [0.15, 0.2) is 0 Å². The molecule has 0 aliphatic carbocycles. The molecule has 1 saturated heterocycles. The molecule has 5 nitrogen and oxygen atoms in total. The van der Waals surface area contributed by atoms with Crippen molar-refractivity contribution in [3.63, 3.8) is 0 Å². The van der Waals surface area contributed by atoms with Gasteiger partial charge in [-0.1, -0.05) is 6.92 Å². The third-order valence-corrected chi connectivity index (χ3v) is 5.17. The first-order valence-corrected chi connectivity index (χ1v) is 7.88. The Hall–Kier alpha value is 0.120. The predicted octanol–water partition coefficient (Wildman–Crippen LogP) is 0.322. The van der Waals surface area contributed by atoms with Gasteiger partial charge in [0.2, 0.25) is 10.0 Å². The molecule has 1 aliphatic rings. The molecule has 1 aliphatic heterocycles. The number of ether oxygens (including phenoxy) is 1. The van der Waals surface area contributed by atoms with E-state index >= 15 is 0 Å². The van der Waals surface area contributed by atoms with Crippen LogP contribution in [0.2, 0.25) is 0 Å². The lowest BCUT2D eigenvalue weighted by molar-refractivity contribution is 0.0222. The van der Waals surface area contributed by atoms with Crippen molar-refractivity contribution in [3.8, 4) is 0 Å². The Bertz CT molecular complexity index is 327. The van der Waals surface area contributed by atoms with Crippen molar-refractivity contribution >= 4 is 21.6 Å². The Balaban J connectivity index is 2.66. The van der Waals surface area contributed by atoms with Crippen molar-refractivity contribution < 1.29 is 18.3 Å². The van der Waals surface area contributed by atoms with Crippen LogP contribution in [0.1, 0.15) is 19.8 Å². The van der Waals surface area contributed by atoms with Crippen LogP contribution >= 0.6 is 11.6 Å². The summed E-state index contributed by atoms with van der Waals surface area (Å²) in [6, 6.07) is 0. The molecule has 17 heavy (non-hydrogen) atoms. The molecule has 1 unspecified atom stereocenters. The van der Waals surface area contributed by atoms with Crippen LogP contribution < -0.4 is 4.72 Å². The molecule has 0 bridgehead atoms. The SMILES string of the molecule is CC(CCl)CS(=O)(=O)NC1(CO)CCOCC1. The minimum absolute atomic E-state index is 0.0148. The Morgan fingerprint density at radius 2 is 2.06 bits per heavy atom. The summed E-state index contributed by atoms with van der Waals surface area (Å²) in [6.07, 6.45) is 0.996. The number of rotatable bonds is 6. The van der Waals surface area contributed by atoms with E-state index in [0.717, 1.165) is 0 Å². The Labute approximate surface area is 108 Å². The normalized spacial score (nSPS) is 22.3. The summed E-state index contributed by atoms with van der Waals surface area (Å²) in [6.45, 7) is 2.51. The van der Waals surface area contributed by atoms with E-state index in [-0.39, 0.29) is 18.3 Å². The van der Waals surface area contributed by atoms with E-state index in [2.05, 4.69) is 4.72 Å². The minimum atomic E-state index is -3.41. The van der Waals surface area contributed by atoms with Gasteiger partial charge in [-0.05, 0) is 18.8 Å². The third-order valence-electron chi connectivity index (χ3n) is 2.89. The number of nitrogens with one attached hydrogen (secondary N) is 1. The van der Waals surface area contributed by atoms with Gasteiger partial charge in [0.15, 0.2) is 0 Å². The molecule has 0 aromatic heterocycles. The Morgan fingerprint density at radius 3 is 2.53 bits per heavy atom. The van der Waals surface area contributed by atoms with E-state index in [4.69, 9.17) is 16.3 Å². The highest BCUT2D eigenvalue weighted by molar-refractivity contribution is 7.89. The van der Waals surface area contributed by atoms with Gasteiger partial charge in [0, 0.05) is 19.1 Å². The monoisotopic (exact) mass is 285 g/mol. The fraction of sp³-hybridized carbons (Fsp3) is 1.00. The lowest BCUT2D eigenvalue weighted by Gasteiger charge is -2.36. The number of hydrogen-bond acceptors (Lipinski definition) is 4. The van der Waals surface area contributed by atoms with Crippen molar-refractivity contribution in [1.82, 2.24) is 4.72 Å². The molecule has 0 saturated carbocycles. The number of hydrogen-bond donors (Lipinski definition) is 2. The number of aliphatic hydroxyl groups is 1. The second-order valence-electron chi connectivity index (χ2n) is 4.69. The lowest BCUT2D eigenvalue weighted by Crippen LogP contribution is -2.55. The van der Waals surface area contributed by atoms with Gasteiger partial charge in [0.05, 0.1) is 17.9 Å². The highest BCUT2D eigenvalue weighted by Gasteiger charge is 2.36. The van der Waals surface area contributed by atoms with Gasteiger partial charge in [0.1, 0.15) is 0 Å². The van der Waals surface area contributed by atoms with Gasteiger partial charge < -0.3 is 9.84 Å². The minimum Gasteiger partial charge on any atom is -0.394 e. The third kappa shape index (κ3) is 4.71. The fourth-order valence-corrected chi connectivity index (χ4v) is 3.96. The molecule has 7 heteroatoms. The summed E-state index contributed by atoms with van der Waals surface area (Å²) in [5.74, 6) is 0.180. The topological polar surface area (TPSA) is 75.6 Å². The first-order chi connectivity index (χ1) is 7.93.